The highest BCUT2D eigenvalue weighted by atomic mass is 19.4. The lowest BCUT2D eigenvalue weighted by Crippen LogP contribution is -2.50. The Balaban J connectivity index is 1.26. The number of benzene rings is 2. The fraction of sp³-hybridized carbons (Fsp3) is 0.357. The number of nitrogens with one attached hydrogen (secondary N) is 1. The predicted octanol–water partition coefficient (Wildman–Crippen LogP) is 3.34. The third-order valence-electron chi connectivity index (χ3n) is 7.49. The number of aromatic amines is 1. The Labute approximate surface area is 227 Å². The van der Waals surface area contributed by atoms with Gasteiger partial charge in [0.1, 0.15) is 16.7 Å². The molecule has 0 unspecified atom stereocenters. The van der Waals surface area contributed by atoms with E-state index in [1.165, 1.54) is 40.1 Å². The number of likely N-dealkylation sites (tertiary alicyclic amines) is 1. The highest BCUT2D eigenvalue weighted by Gasteiger charge is 2.43. The first-order valence-electron chi connectivity index (χ1n) is 12.9. The fourth-order valence-corrected chi connectivity index (χ4v) is 5.11. The first-order chi connectivity index (χ1) is 19.1. The number of carbonyl (C=O) groups excluding carboxylic acids is 1. The van der Waals surface area contributed by atoms with Crippen LogP contribution in [0.4, 0.5) is 13.2 Å². The summed E-state index contributed by atoms with van der Waals surface area (Å²) in [6.07, 6.45) is -3.72. The molecular formula is C28H29F3N6O3. The molecule has 0 spiro atoms. The van der Waals surface area contributed by atoms with Crippen LogP contribution in [-0.4, -0.2) is 60.5 Å². The molecule has 2 aromatic heterocycles. The lowest BCUT2D eigenvalue weighted by molar-refractivity contribution is -0.162. The van der Waals surface area contributed by atoms with Gasteiger partial charge in [0.15, 0.2) is 0 Å². The second kappa shape index (κ2) is 10.9. The smallest absolute Gasteiger partial charge is 0.388 e. The molecule has 9 nitrogen and oxygen atoms in total. The predicted molar refractivity (Wildman–Crippen MR) is 142 cm³/mol. The number of hydrogen-bond donors (Lipinski definition) is 3. The van der Waals surface area contributed by atoms with E-state index in [9.17, 15) is 27.9 Å². The molecule has 2 aromatic carbocycles. The van der Waals surface area contributed by atoms with Crippen molar-refractivity contribution in [2.75, 3.05) is 13.1 Å². The zero-order chi connectivity index (χ0) is 28.5. The van der Waals surface area contributed by atoms with Gasteiger partial charge < -0.3 is 15.7 Å². The Hall–Kier alpha value is -4.03. The quantitative estimate of drug-likeness (QED) is 0.321. The van der Waals surface area contributed by atoms with Crippen LogP contribution >= 0.6 is 0 Å². The molecule has 1 aliphatic heterocycles. The van der Waals surface area contributed by atoms with Gasteiger partial charge in [0, 0.05) is 31.6 Å². The van der Waals surface area contributed by atoms with Gasteiger partial charge in [-0.1, -0.05) is 54.6 Å². The fourth-order valence-electron chi connectivity index (χ4n) is 5.11. The Bertz CT molecular complexity index is 1540. The van der Waals surface area contributed by atoms with Gasteiger partial charge in [0.2, 0.25) is 5.91 Å². The molecule has 5 rings (SSSR count). The summed E-state index contributed by atoms with van der Waals surface area (Å²) in [6.45, 7) is 0.477. The van der Waals surface area contributed by atoms with Gasteiger partial charge in [-0.3, -0.25) is 19.3 Å². The maximum Gasteiger partial charge on any atom is 0.396 e. The van der Waals surface area contributed by atoms with Crippen LogP contribution in [0.1, 0.15) is 36.3 Å². The Kier molecular flexibility index (Phi) is 7.47. The number of rotatable bonds is 7. The number of aliphatic hydroxyl groups is 1. The minimum Gasteiger partial charge on any atom is -0.388 e. The standard InChI is InChI=1S/C28H29F3N6O3/c29-28(30,31)21(19-4-2-1-3-5-19)14-22(38)36-12-10-27(40,11-13-36)16-37-17-33-24-23(34-35-25(24)26(37)39)20-8-6-18(15-32)7-9-20/h1-9,17,21,40H,10-16,32H2,(H,34,35)/t21-/m1/s1. The lowest BCUT2D eigenvalue weighted by atomic mass is 9.90. The number of nitrogens with zero attached hydrogens (tertiary/aromatic N) is 4. The Morgan fingerprint density at radius 2 is 1.77 bits per heavy atom. The van der Waals surface area contributed by atoms with E-state index >= 15 is 0 Å². The molecule has 3 heterocycles. The summed E-state index contributed by atoms with van der Waals surface area (Å²) in [5.41, 5.74) is 6.77. The first kappa shape index (κ1) is 27.5. The Morgan fingerprint density at radius 1 is 1.10 bits per heavy atom. The van der Waals surface area contributed by atoms with E-state index in [0.29, 0.717) is 17.8 Å². The van der Waals surface area contributed by atoms with Crippen LogP contribution in [-0.2, 0) is 17.9 Å². The number of carbonyl (C=O) groups is 1. The number of piperidine rings is 1. The largest absolute Gasteiger partial charge is 0.396 e. The summed E-state index contributed by atoms with van der Waals surface area (Å²) < 4.78 is 42.4. The summed E-state index contributed by atoms with van der Waals surface area (Å²) in [5.74, 6) is -2.53. The normalized spacial score (nSPS) is 16.3. The second-order valence-corrected chi connectivity index (χ2v) is 10.2. The van der Waals surface area contributed by atoms with E-state index in [4.69, 9.17) is 5.73 Å². The van der Waals surface area contributed by atoms with Gasteiger partial charge in [-0.2, -0.15) is 18.3 Å². The van der Waals surface area contributed by atoms with Crippen LogP contribution in [0, 0.1) is 0 Å². The molecule has 210 valence electrons. The van der Waals surface area contributed by atoms with Crippen molar-refractivity contribution in [2.45, 2.75) is 50.0 Å². The molecule has 4 N–H and O–H groups in total. The Morgan fingerprint density at radius 3 is 2.40 bits per heavy atom. The summed E-state index contributed by atoms with van der Waals surface area (Å²) in [6, 6.07) is 14.8. The van der Waals surface area contributed by atoms with Gasteiger partial charge in [-0.15, -0.1) is 0 Å². The number of aromatic nitrogens is 4. The van der Waals surface area contributed by atoms with Crippen molar-refractivity contribution in [1.82, 2.24) is 24.6 Å². The molecule has 1 fully saturated rings. The van der Waals surface area contributed by atoms with Gasteiger partial charge >= 0.3 is 6.18 Å². The molecular weight excluding hydrogens is 525 g/mol. The zero-order valence-corrected chi connectivity index (χ0v) is 21.6. The van der Waals surface area contributed by atoms with E-state index in [1.807, 2.05) is 24.3 Å². The molecule has 1 amide bonds. The van der Waals surface area contributed by atoms with E-state index in [1.54, 1.807) is 6.07 Å². The van der Waals surface area contributed by atoms with Crippen LogP contribution in [0.15, 0.2) is 65.7 Å². The van der Waals surface area contributed by atoms with Gasteiger partial charge in [0.25, 0.3) is 5.56 Å². The zero-order valence-electron chi connectivity index (χ0n) is 21.6. The number of nitrogens with two attached hydrogens (primary N) is 1. The topological polar surface area (TPSA) is 130 Å². The summed E-state index contributed by atoms with van der Waals surface area (Å²) in [5, 5.41) is 18.2. The van der Waals surface area contributed by atoms with Gasteiger partial charge in [0.05, 0.1) is 24.4 Å². The SMILES string of the molecule is NCc1ccc(-c2n[nH]c3c(=O)n(CC4(O)CCN(C(=O)C[C@H](c5ccccc5)C(F)(F)F)CC4)cnc23)cc1. The van der Waals surface area contributed by atoms with Crippen molar-refractivity contribution in [2.24, 2.45) is 5.73 Å². The van der Waals surface area contributed by atoms with Crippen LogP contribution in [0.2, 0.25) is 0 Å². The van der Waals surface area contributed by atoms with Crippen molar-refractivity contribution in [3.05, 3.63) is 82.4 Å². The molecule has 0 radical (unpaired) electrons. The molecule has 1 aliphatic rings. The summed E-state index contributed by atoms with van der Waals surface area (Å²) in [7, 11) is 0. The molecule has 1 atom stereocenters. The number of fused-ring (bicyclic) bond motifs is 1. The number of halogens is 3. The van der Waals surface area contributed by atoms with Gasteiger partial charge in [-0.05, 0) is 24.0 Å². The molecule has 12 heteroatoms. The average Bonchev–Trinajstić information content (AvgIpc) is 3.38. The maximum atomic E-state index is 13.7. The number of hydrogen-bond acceptors (Lipinski definition) is 6. The van der Waals surface area contributed by atoms with Crippen molar-refractivity contribution >= 4 is 16.9 Å². The third-order valence-corrected chi connectivity index (χ3v) is 7.49. The summed E-state index contributed by atoms with van der Waals surface area (Å²) >= 11 is 0. The highest BCUT2D eigenvalue weighted by molar-refractivity contribution is 5.88. The van der Waals surface area contributed by atoms with E-state index in [2.05, 4.69) is 15.2 Å². The van der Waals surface area contributed by atoms with E-state index < -0.39 is 35.6 Å². The number of alkyl halides is 3. The highest BCUT2D eigenvalue weighted by Crippen LogP contribution is 2.38. The summed E-state index contributed by atoms with van der Waals surface area (Å²) in [4.78, 5) is 31.7. The van der Waals surface area contributed by atoms with Crippen molar-refractivity contribution < 1.29 is 23.1 Å². The molecule has 0 bridgehead atoms. The van der Waals surface area contributed by atoms with Crippen LogP contribution < -0.4 is 11.3 Å². The van der Waals surface area contributed by atoms with E-state index in [-0.39, 0.29) is 43.6 Å². The van der Waals surface area contributed by atoms with Crippen LogP contribution in [0.25, 0.3) is 22.3 Å². The molecule has 4 aromatic rings. The van der Waals surface area contributed by atoms with Gasteiger partial charge in [-0.25, -0.2) is 4.98 Å². The molecule has 0 saturated carbocycles. The molecule has 40 heavy (non-hydrogen) atoms. The minimum atomic E-state index is -4.57. The third kappa shape index (κ3) is 5.63. The molecule has 0 aliphatic carbocycles. The first-order valence-corrected chi connectivity index (χ1v) is 12.9. The van der Waals surface area contributed by atoms with Crippen molar-refractivity contribution in [3.8, 4) is 11.3 Å². The number of amides is 1. The monoisotopic (exact) mass is 554 g/mol. The molecule has 1 saturated heterocycles. The van der Waals surface area contributed by atoms with Crippen molar-refractivity contribution in [3.63, 3.8) is 0 Å². The maximum absolute atomic E-state index is 13.7. The number of H-pyrrole nitrogens is 1. The second-order valence-electron chi connectivity index (χ2n) is 10.2. The van der Waals surface area contributed by atoms with Crippen LogP contribution in [0.5, 0.6) is 0 Å². The van der Waals surface area contributed by atoms with Crippen LogP contribution in [0.3, 0.4) is 0 Å². The lowest BCUT2D eigenvalue weighted by Gasteiger charge is -2.39. The van der Waals surface area contributed by atoms with Crippen molar-refractivity contribution in [1.29, 1.82) is 0 Å². The minimum absolute atomic E-state index is 0.0358. The van der Waals surface area contributed by atoms with E-state index in [0.717, 1.165) is 11.1 Å². The average molecular weight is 555 g/mol.